The quantitative estimate of drug-likeness (QED) is 0.0284. The Hall–Kier alpha value is -3.17. The van der Waals surface area contributed by atoms with E-state index < -0.39 is 12.2 Å². The van der Waals surface area contributed by atoms with Crippen molar-refractivity contribution in [3.8, 4) is 0 Å². The minimum Gasteiger partial charge on any atom is -0.462 e. The number of ether oxygens (including phenoxy) is 3. The number of nitrogens with one attached hydrogen (secondary N) is 1. The third kappa shape index (κ3) is 31.2. The molecule has 1 rings (SSSR count). The summed E-state index contributed by atoms with van der Waals surface area (Å²) in [5.74, 6) is -0.692. The van der Waals surface area contributed by atoms with Gasteiger partial charge in [0.05, 0.1) is 12.6 Å². The molecule has 1 amide bonds. The van der Waals surface area contributed by atoms with E-state index in [-0.39, 0.29) is 37.8 Å². The molecule has 308 valence electrons. The monoisotopic (exact) mass is 757 g/mol. The summed E-state index contributed by atoms with van der Waals surface area (Å²) >= 11 is 0. The van der Waals surface area contributed by atoms with E-state index in [1.165, 1.54) is 25.7 Å². The van der Waals surface area contributed by atoms with Gasteiger partial charge in [0.25, 0.3) is 0 Å². The van der Waals surface area contributed by atoms with Gasteiger partial charge in [0.2, 0.25) is 0 Å². The molecule has 0 aromatic heterocycles. The van der Waals surface area contributed by atoms with Crippen molar-refractivity contribution < 1.29 is 33.7 Å². The van der Waals surface area contributed by atoms with Crippen molar-refractivity contribution in [2.24, 2.45) is 0 Å². The van der Waals surface area contributed by atoms with Crippen molar-refractivity contribution in [3.05, 3.63) is 60.8 Å². The SMILES string of the molecule is CC/C=C\C/C=C\C/C=C\CCCCCCCC(=O)OCC(COC(=O)CCCCCCC/C=C\C/C=C\CCCCC)OC(=O)NC1CN(CCO)C1. The number of hydrogen-bond donors (Lipinski definition) is 2. The van der Waals surface area contributed by atoms with Gasteiger partial charge < -0.3 is 24.6 Å². The van der Waals surface area contributed by atoms with E-state index in [1.54, 1.807) is 0 Å². The highest BCUT2D eigenvalue weighted by atomic mass is 16.6. The van der Waals surface area contributed by atoms with Crippen molar-refractivity contribution in [1.82, 2.24) is 10.2 Å². The molecule has 1 unspecified atom stereocenters. The average molecular weight is 757 g/mol. The zero-order valence-electron chi connectivity index (χ0n) is 34.1. The molecule has 54 heavy (non-hydrogen) atoms. The van der Waals surface area contributed by atoms with Crippen LogP contribution in [0.3, 0.4) is 0 Å². The lowest BCUT2D eigenvalue weighted by atomic mass is 10.1. The molecule has 9 nitrogen and oxygen atoms in total. The number of nitrogens with zero attached hydrogens (tertiary/aromatic N) is 1. The number of hydrogen-bond acceptors (Lipinski definition) is 8. The fourth-order valence-corrected chi connectivity index (χ4v) is 5.94. The normalized spacial score (nSPS) is 14.5. The maximum Gasteiger partial charge on any atom is 0.407 e. The van der Waals surface area contributed by atoms with Gasteiger partial charge in [0.1, 0.15) is 13.2 Å². The Balaban J connectivity index is 2.26. The number of carbonyl (C=O) groups excluding carboxylic acids is 3. The van der Waals surface area contributed by atoms with Crippen LogP contribution in [0.25, 0.3) is 0 Å². The summed E-state index contributed by atoms with van der Waals surface area (Å²) in [5.41, 5.74) is 0. The van der Waals surface area contributed by atoms with Gasteiger partial charge in [-0.15, -0.1) is 0 Å². The molecule has 0 radical (unpaired) electrons. The topological polar surface area (TPSA) is 114 Å². The van der Waals surface area contributed by atoms with Crippen LogP contribution in [0.4, 0.5) is 4.79 Å². The van der Waals surface area contributed by atoms with E-state index in [0.29, 0.717) is 32.5 Å². The second-order valence-electron chi connectivity index (χ2n) is 14.3. The summed E-state index contributed by atoms with van der Waals surface area (Å²) in [5, 5.41) is 11.9. The summed E-state index contributed by atoms with van der Waals surface area (Å²) in [6.45, 7) is 5.93. The highest BCUT2D eigenvalue weighted by molar-refractivity contribution is 5.70. The number of unbranched alkanes of at least 4 members (excludes halogenated alkanes) is 13. The van der Waals surface area contributed by atoms with E-state index >= 15 is 0 Å². The van der Waals surface area contributed by atoms with Crippen LogP contribution in [0.5, 0.6) is 0 Å². The van der Waals surface area contributed by atoms with Crippen LogP contribution in [-0.4, -0.2) is 79.6 Å². The number of aliphatic hydroxyl groups is 1. The molecular formula is C45H76N2O7. The molecule has 1 fully saturated rings. The highest BCUT2D eigenvalue weighted by Crippen LogP contribution is 2.12. The predicted octanol–water partition coefficient (Wildman–Crippen LogP) is 10.2. The Morgan fingerprint density at radius 3 is 1.56 bits per heavy atom. The Bertz CT molecular complexity index is 1080. The first-order chi connectivity index (χ1) is 26.5. The van der Waals surface area contributed by atoms with Gasteiger partial charge in [-0.3, -0.25) is 14.5 Å². The molecule has 1 aliphatic heterocycles. The fraction of sp³-hybridized carbons (Fsp3) is 0.711. The van der Waals surface area contributed by atoms with E-state index in [1.807, 2.05) is 4.90 Å². The molecule has 0 bridgehead atoms. The number of esters is 2. The van der Waals surface area contributed by atoms with E-state index in [9.17, 15) is 14.4 Å². The first kappa shape index (κ1) is 48.8. The van der Waals surface area contributed by atoms with Gasteiger partial charge in [-0.1, -0.05) is 126 Å². The number of aliphatic hydroxyl groups excluding tert-OH is 1. The molecule has 1 heterocycles. The van der Waals surface area contributed by atoms with Crippen LogP contribution in [-0.2, 0) is 23.8 Å². The van der Waals surface area contributed by atoms with Crippen molar-refractivity contribution in [1.29, 1.82) is 0 Å². The lowest BCUT2D eigenvalue weighted by Crippen LogP contribution is -2.60. The summed E-state index contributed by atoms with van der Waals surface area (Å²) < 4.78 is 16.4. The summed E-state index contributed by atoms with van der Waals surface area (Å²) in [4.78, 5) is 39.5. The second kappa shape index (κ2) is 36.8. The molecule has 2 N–H and O–H groups in total. The average Bonchev–Trinajstić information content (AvgIpc) is 3.15. The molecule has 1 aliphatic rings. The number of carbonyl (C=O) groups is 3. The highest BCUT2D eigenvalue weighted by Gasteiger charge is 2.29. The molecule has 0 spiro atoms. The number of β-amino-alcohol motifs (C(OH)–C–C–N with tert-alkyl or cyclic N) is 1. The van der Waals surface area contributed by atoms with Crippen molar-refractivity contribution in [2.75, 3.05) is 39.5 Å². The molecule has 0 aliphatic carbocycles. The van der Waals surface area contributed by atoms with Gasteiger partial charge >= 0.3 is 18.0 Å². The maximum atomic E-state index is 12.6. The van der Waals surface area contributed by atoms with Gasteiger partial charge in [-0.2, -0.15) is 0 Å². The predicted molar refractivity (Wildman–Crippen MR) is 221 cm³/mol. The lowest BCUT2D eigenvalue weighted by molar-refractivity contribution is -0.152. The van der Waals surface area contributed by atoms with Crippen LogP contribution in [0.15, 0.2) is 60.8 Å². The zero-order valence-corrected chi connectivity index (χ0v) is 34.1. The molecular weight excluding hydrogens is 681 g/mol. The third-order valence-electron chi connectivity index (χ3n) is 9.19. The summed E-state index contributed by atoms with van der Waals surface area (Å²) in [7, 11) is 0. The van der Waals surface area contributed by atoms with Crippen molar-refractivity contribution in [3.63, 3.8) is 0 Å². The Labute approximate surface area is 328 Å². The van der Waals surface area contributed by atoms with Crippen LogP contribution >= 0.6 is 0 Å². The van der Waals surface area contributed by atoms with Crippen LogP contribution in [0.2, 0.25) is 0 Å². The molecule has 1 atom stereocenters. The number of likely N-dealkylation sites (tertiary alicyclic amines) is 1. The fourth-order valence-electron chi connectivity index (χ4n) is 5.94. The third-order valence-corrected chi connectivity index (χ3v) is 9.19. The van der Waals surface area contributed by atoms with Crippen LogP contribution < -0.4 is 5.32 Å². The van der Waals surface area contributed by atoms with Crippen LogP contribution in [0, 0.1) is 0 Å². The Morgan fingerprint density at radius 2 is 1.07 bits per heavy atom. The van der Waals surface area contributed by atoms with E-state index in [4.69, 9.17) is 19.3 Å². The summed E-state index contributed by atoms with van der Waals surface area (Å²) in [6, 6.07) is -0.0794. The Morgan fingerprint density at radius 1 is 0.630 bits per heavy atom. The van der Waals surface area contributed by atoms with Gasteiger partial charge in [0, 0.05) is 32.5 Å². The van der Waals surface area contributed by atoms with E-state index in [0.717, 1.165) is 103 Å². The molecule has 9 heteroatoms. The summed E-state index contributed by atoms with van der Waals surface area (Å²) in [6.07, 6.45) is 42.7. The zero-order chi connectivity index (χ0) is 39.2. The minimum absolute atomic E-state index is 0.0683. The van der Waals surface area contributed by atoms with Crippen molar-refractivity contribution in [2.45, 2.75) is 167 Å². The number of alkyl carbamates (subject to hydrolysis) is 1. The first-order valence-electron chi connectivity index (χ1n) is 21.3. The second-order valence-corrected chi connectivity index (χ2v) is 14.3. The largest absolute Gasteiger partial charge is 0.462 e. The minimum atomic E-state index is -0.891. The smallest absolute Gasteiger partial charge is 0.407 e. The van der Waals surface area contributed by atoms with Crippen LogP contribution in [0.1, 0.15) is 155 Å². The number of allylic oxidation sites excluding steroid dienone is 10. The number of amides is 1. The number of rotatable bonds is 35. The molecule has 0 saturated carbocycles. The lowest BCUT2D eigenvalue weighted by Gasteiger charge is -2.38. The molecule has 1 saturated heterocycles. The van der Waals surface area contributed by atoms with Gasteiger partial charge in [-0.05, 0) is 77.0 Å². The Kier molecular flexibility index (Phi) is 33.3. The molecule has 0 aromatic carbocycles. The van der Waals surface area contributed by atoms with E-state index in [2.05, 4.69) is 79.9 Å². The van der Waals surface area contributed by atoms with Gasteiger partial charge in [-0.25, -0.2) is 4.79 Å². The first-order valence-corrected chi connectivity index (χ1v) is 21.3. The van der Waals surface area contributed by atoms with Crippen molar-refractivity contribution >= 4 is 18.0 Å². The standard InChI is InChI=1S/C45H76N2O7/c1-3-5-7-9-11-13-15-17-19-21-23-25-27-29-31-33-43(49)52-39-42(54-45(51)46-41-37-47(38-41)35-36-48)40-53-44(50)34-32-30-28-26-24-22-20-18-16-14-12-10-8-6-4-2/h5,7,11-14,17-20,41-42,48H,3-4,6,8-10,15-16,21-40H2,1-2H3,(H,46,51)/b7-5-,13-11-,14-12-,19-17-,20-18-. The maximum absolute atomic E-state index is 12.6. The van der Waals surface area contributed by atoms with Gasteiger partial charge in [0.15, 0.2) is 6.10 Å². The molecule has 0 aromatic rings.